The fraction of sp³-hybridized carbons (Fsp3) is 0.667. The number of fused-ring (bicyclic) bond motifs is 1. The van der Waals surface area contributed by atoms with Gasteiger partial charge in [0.25, 0.3) is 0 Å². The van der Waals surface area contributed by atoms with Crippen molar-refractivity contribution in [2.45, 2.75) is 46.1 Å². The molecule has 82 valence electrons. The van der Waals surface area contributed by atoms with E-state index in [9.17, 15) is 0 Å². The van der Waals surface area contributed by atoms with Crippen LogP contribution >= 0.6 is 0 Å². The number of hydrogen-bond acceptors (Lipinski definition) is 3. The summed E-state index contributed by atoms with van der Waals surface area (Å²) in [5, 5.41) is 0. The van der Waals surface area contributed by atoms with Crippen LogP contribution in [0.25, 0.3) is 0 Å². The summed E-state index contributed by atoms with van der Waals surface area (Å²) in [6.07, 6.45) is 2.80. The van der Waals surface area contributed by atoms with E-state index in [1.165, 1.54) is 11.3 Å². The standard InChI is InChI=1S/C12H19N3/c1-8(2)11-10-5-6-15(9(3)4)12(10)14-7-13-11/h7-9H,5-6H2,1-4H3. The third kappa shape index (κ3) is 1.71. The summed E-state index contributed by atoms with van der Waals surface area (Å²) in [5.41, 5.74) is 2.59. The molecule has 1 aromatic heterocycles. The molecular weight excluding hydrogens is 186 g/mol. The molecule has 0 atom stereocenters. The van der Waals surface area contributed by atoms with Gasteiger partial charge in [0.15, 0.2) is 0 Å². The van der Waals surface area contributed by atoms with E-state index in [4.69, 9.17) is 0 Å². The zero-order valence-corrected chi connectivity index (χ0v) is 9.99. The van der Waals surface area contributed by atoms with Crippen LogP contribution in [-0.4, -0.2) is 22.6 Å². The lowest BCUT2D eigenvalue weighted by Gasteiger charge is -2.22. The second kappa shape index (κ2) is 3.80. The molecule has 0 amide bonds. The van der Waals surface area contributed by atoms with Crippen molar-refractivity contribution < 1.29 is 0 Å². The smallest absolute Gasteiger partial charge is 0.135 e. The van der Waals surface area contributed by atoms with Gasteiger partial charge in [0.2, 0.25) is 0 Å². The van der Waals surface area contributed by atoms with Crippen LogP contribution in [0, 0.1) is 0 Å². The number of aromatic nitrogens is 2. The summed E-state index contributed by atoms with van der Waals surface area (Å²) in [6.45, 7) is 9.91. The van der Waals surface area contributed by atoms with Crippen molar-refractivity contribution in [1.29, 1.82) is 0 Å². The Morgan fingerprint density at radius 2 is 1.93 bits per heavy atom. The van der Waals surface area contributed by atoms with Crippen LogP contribution in [0.1, 0.15) is 44.9 Å². The van der Waals surface area contributed by atoms with Crippen molar-refractivity contribution in [1.82, 2.24) is 9.97 Å². The number of anilines is 1. The second-order valence-electron chi connectivity index (χ2n) is 4.75. The number of hydrogen-bond donors (Lipinski definition) is 0. The summed E-state index contributed by atoms with van der Waals surface area (Å²) in [6, 6.07) is 0.529. The van der Waals surface area contributed by atoms with E-state index in [0.717, 1.165) is 18.8 Å². The molecule has 1 aliphatic heterocycles. The first-order valence-electron chi connectivity index (χ1n) is 5.71. The molecule has 0 N–H and O–H groups in total. The second-order valence-corrected chi connectivity index (χ2v) is 4.75. The van der Waals surface area contributed by atoms with Crippen LogP contribution in [-0.2, 0) is 6.42 Å². The van der Waals surface area contributed by atoms with Gasteiger partial charge in [-0.25, -0.2) is 9.97 Å². The SMILES string of the molecule is CC(C)c1ncnc2c1CCN2C(C)C. The van der Waals surface area contributed by atoms with Crippen LogP contribution in [0.15, 0.2) is 6.33 Å². The van der Waals surface area contributed by atoms with E-state index in [1.807, 2.05) is 0 Å². The van der Waals surface area contributed by atoms with Gasteiger partial charge in [0.1, 0.15) is 12.1 Å². The highest BCUT2D eigenvalue weighted by molar-refractivity contribution is 5.54. The highest BCUT2D eigenvalue weighted by Crippen LogP contribution is 2.31. The normalized spacial score (nSPS) is 15.2. The zero-order valence-electron chi connectivity index (χ0n) is 9.99. The van der Waals surface area contributed by atoms with E-state index >= 15 is 0 Å². The molecule has 0 radical (unpaired) electrons. The molecule has 0 saturated heterocycles. The minimum Gasteiger partial charge on any atom is -0.354 e. The summed E-state index contributed by atoms with van der Waals surface area (Å²) < 4.78 is 0. The fourth-order valence-electron chi connectivity index (χ4n) is 2.24. The Morgan fingerprint density at radius 3 is 2.53 bits per heavy atom. The van der Waals surface area contributed by atoms with E-state index in [1.54, 1.807) is 6.33 Å². The van der Waals surface area contributed by atoms with Gasteiger partial charge in [-0.15, -0.1) is 0 Å². The third-order valence-electron chi connectivity index (χ3n) is 3.00. The Hall–Kier alpha value is -1.12. The van der Waals surface area contributed by atoms with Gasteiger partial charge in [-0.3, -0.25) is 0 Å². The van der Waals surface area contributed by atoms with Crippen LogP contribution in [0.5, 0.6) is 0 Å². The quantitative estimate of drug-likeness (QED) is 0.742. The molecule has 0 aliphatic carbocycles. The zero-order chi connectivity index (χ0) is 11.0. The van der Waals surface area contributed by atoms with Gasteiger partial charge < -0.3 is 4.90 Å². The Kier molecular flexibility index (Phi) is 2.63. The predicted octanol–water partition coefficient (Wildman–Crippen LogP) is 2.37. The molecule has 15 heavy (non-hydrogen) atoms. The molecule has 1 aliphatic rings. The molecule has 2 rings (SSSR count). The highest BCUT2D eigenvalue weighted by Gasteiger charge is 2.26. The Bertz CT molecular complexity index is 358. The van der Waals surface area contributed by atoms with Gasteiger partial charge in [-0.1, -0.05) is 13.8 Å². The van der Waals surface area contributed by atoms with Crippen molar-refractivity contribution in [3.05, 3.63) is 17.6 Å². The van der Waals surface area contributed by atoms with Crippen LogP contribution in [0.2, 0.25) is 0 Å². The summed E-state index contributed by atoms with van der Waals surface area (Å²) in [4.78, 5) is 11.2. The first-order chi connectivity index (χ1) is 7.11. The lowest BCUT2D eigenvalue weighted by molar-refractivity contribution is 0.702. The Morgan fingerprint density at radius 1 is 1.20 bits per heavy atom. The maximum Gasteiger partial charge on any atom is 0.135 e. The van der Waals surface area contributed by atoms with Crippen molar-refractivity contribution in [3.8, 4) is 0 Å². The lowest BCUT2D eigenvalue weighted by atomic mass is 10.0. The van der Waals surface area contributed by atoms with Crippen molar-refractivity contribution >= 4 is 5.82 Å². The molecule has 1 aromatic rings. The van der Waals surface area contributed by atoms with E-state index in [0.29, 0.717) is 12.0 Å². The van der Waals surface area contributed by atoms with Gasteiger partial charge in [0.05, 0.1) is 5.69 Å². The summed E-state index contributed by atoms with van der Waals surface area (Å²) in [5.74, 6) is 1.65. The first-order valence-corrected chi connectivity index (χ1v) is 5.71. The minimum absolute atomic E-state index is 0.494. The van der Waals surface area contributed by atoms with Crippen molar-refractivity contribution in [3.63, 3.8) is 0 Å². The minimum atomic E-state index is 0.494. The molecule has 0 fully saturated rings. The van der Waals surface area contributed by atoms with E-state index in [2.05, 4.69) is 42.6 Å². The maximum absolute atomic E-state index is 4.42. The first kappa shape index (κ1) is 10.4. The average Bonchev–Trinajstić information content (AvgIpc) is 2.59. The lowest BCUT2D eigenvalue weighted by Crippen LogP contribution is -2.29. The van der Waals surface area contributed by atoms with Gasteiger partial charge >= 0.3 is 0 Å². The topological polar surface area (TPSA) is 29.0 Å². The van der Waals surface area contributed by atoms with Crippen LogP contribution in [0.4, 0.5) is 5.82 Å². The summed E-state index contributed by atoms with van der Waals surface area (Å²) in [7, 11) is 0. The van der Waals surface area contributed by atoms with Crippen LogP contribution in [0.3, 0.4) is 0 Å². The van der Waals surface area contributed by atoms with Crippen LogP contribution < -0.4 is 4.90 Å². The van der Waals surface area contributed by atoms with Crippen molar-refractivity contribution in [2.75, 3.05) is 11.4 Å². The molecule has 3 nitrogen and oxygen atoms in total. The van der Waals surface area contributed by atoms with E-state index in [-0.39, 0.29) is 0 Å². The van der Waals surface area contributed by atoms with Gasteiger partial charge in [-0.05, 0) is 26.2 Å². The van der Waals surface area contributed by atoms with E-state index < -0.39 is 0 Å². The molecule has 0 aromatic carbocycles. The Balaban J connectivity index is 2.43. The van der Waals surface area contributed by atoms with Gasteiger partial charge in [-0.2, -0.15) is 0 Å². The highest BCUT2D eigenvalue weighted by atomic mass is 15.2. The Labute approximate surface area is 91.5 Å². The monoisotopic (exact) mass is 205 g/mol. The predicted molar refractivity (Wildman–Crippen MR) is 62.3 cm³/mol. The third-order valence-corrected chi connectivity index (χ3v) is 3.00. The molecule has 0 bridgehead atoms. The number of rotatable bonds is 2. The van der Waals surface area contributed by atoms with Gasteiger partial charge in [0, 0.05) is 18.2 Å². The largest absolute Gasteiger partial charge is 0.354 e. The molecule has 2 heterocycles. The maximum atomic E-state index is 4.42. The summed E-state index contributed by atoms with van der Waals surface area (Å²) >= 11 is 0. The fourth-order valence-corrected chi connectivity index (χ4v) is 2.24. The molecule has 3 heteroatoms. The average molecular weight is 205 g/mol. The molecule has 0 spiro atoms. The molecule has 0 saturated carbocycles. The molecule has 0 unspecified atom stereocenters. The number of nitrogens with zero attached hydrogens (tertiary/aromatic N) is 3. The molecular formula is C12H19N3. The van der Waals surface area contributed by atoms with Crippen molar-refractivity contribution in [2.24, 2.45) is 0 Å².